The van der Waals surface area contributed by atoms with Crippen molar-refractivity contribution < 1.29 is 22.7 Å². The van der Waals surface area contributed by atoms with Gasteiger partial charge in [0.1, 0.15) is 24.7 Å². The van der Waals surface area contributed by atoms with Crippen LogP contribution in [0.15, 0.2) is 66.7 Å². The fourth-order valence-corrected chi connectivity index (χ4v) is 4.06. The Morgan fingerprint density at radius 3 is 2.32 bits per heavy atom. The Labute approximate surface area is 182 Å². The number of nitrogens with one attached hydrogen (secondary N) is 1. The lowest BCUT2D eigenvalue weighted by atomic mass is 10.1. The minimum Gasteiger partial charge on any atom is -0.497 e. The number of methoxy groups -OCH3 is 1. The van der Waals surface area contributed by atoms with E-state index >= 15 is 0 Å². The minimum atomic E-state index is -3.67. The van der Waals surface area contributed by atoms with Gasteiger partial charge in [-0.05, 0) is 42.6 Å². The van der Waals surface area contributed by atoms with Crippen LogP contribution in [-0.4, -0.2) is 46.9 Å². The van der Waals surface area contributed by atoms with E-state index in [-0.39, 0.29) is 19.2 Å². The molecular formula is C23H26N2O5S. The monoisotopic (exact) mass is 442 g/mol. The van der Waals surface area contributed by atoms with E-state index in [4.69, 9.17) is 9.47 Å². The molecule has 0 bridgehead atoms. The standard InChI is InChI=1S/C23H26N2O5S/c1-17(16-30-20-13-11-19(29-2)12-14-20)24-23(26)15-25(31(3,27)28)22-10-6-8-18-7-4-5-9-21(18)22/h4-14,17H,15-16H2,1-3H3,(H,24,26). The lowest BCUT2D eigenvalue weighted by Gasteiger charge is -2.24. The lowest BCUT2D eigenvalue weighted by Crippen LogP contribution is -2.45. The van der Waals surface area contributed by atoms with Crippen LogP contribution < -0.4 is 19.1 Å². The molecule has 1 N–H and O–H groups in total. The number of ether oxygens (including phenoxy) is 2. The molecule has 1 atom stereocenters. The molecule has 31 heavy (non-hydrogen) atoms. The fraction of sp³-hybridized carbons (Fsp3) is 0.261. The minimum absolute atomic E-state index is 0.241. The van der Waals surface area contributed by atoms with Crippen molar-refractivity contribution in [3.63, 3.8) is 0 Å². The number of hydrogen-bond acceptors (Lipinski definition) is 5. The summed E-state index contributed by atoms with van der Waals surface area (Å²) >= 11 is 0. The number of benzene rings is 3. The predicted octanol–water partition coefficient (Wildman–Crippen LogP) is 3.20. The van der Waals surface area contributed by atoms with Crippen molar-refractivity contribution in [3.8, 4) is 11.5 Å². The van der Waals surface area contributed by atoms with Crippen LogP contribution in [-0.2, 0) is 14.8 Å². The molecule has 164 valence electrons. The molecule has 0 aromatic heterocycles. The van der Waals surface area contributed by atoms with Gasteiger partial charge in [0.2, 0.25) is 15.9 Å². The number of fused-ring (bicyclic) bond motifs is 1. The summed E-state index contributed by atoms with van der Waals surface area (Å²) < 4.78 is 36.9. The van der Waals surface area contributed by atoms with Gasteiger partial charge in [-0.3, -0.25) is 9.10 Å². The van der Waals surface area contributed by atoms with Crippen LogP contribution in [0.3, 0.4) is 0 Å². The molecule has 8 heteroatoms. The van der Waals surface area contributed by atoms with Gasteiger partial charge in [0.05, 0.1) is 25.1 Å². The van der Waals surface area contributed by atoms with E-state index in [1.165, 1.54) is 0 Å². The molecule has 3 aromatic rings. The van der Waals surface area contributed by atoms with Crippen LogP contribution >= 0.6 is 0 Å². The molecule has 3 aromatic carbocycles. The first-order valence-electron chi connectivity index (χ1n) is 9.79. The van der Waals surface area contributed by atoms with Gasteiger partial charge in [-0.25, -0.2) is 8.42 Å². The normalized spacial score (nSPS) is 12.2. The quantitative estimate of drug-likeness (QED) is 0.550. The van der Waals surface area contributed by atoms with Crippen LogP contribution in [0.2, 0.25) is 0 Å². The molecule has 7 nitrogen and oxygen atoms in total. The van der Waals surface area contributed by atoms with Crippen LogP contribution in [0.4, 0.5) is 5.69 Å². The molecule has 0 heterocycles. The summed E-state index contributed by atoms with van der Waals surface area (Å²) in [5, 5.41) is 4.46. The van der Waals surface area contributed by atoms with Gasteiger partial charge in [-0.1, -0.05) is 36.4 Å². The van der Waals surface area contributed by atoms with Crippen molar-refractivity contribution in [2.75, 3.05) is 30.8 Å². The van der Waals surface area contributed by atoms with E-state index in [0.717, 1.165) is 27.1 Å². The summed E-state index contributed by atoms with van der Waals surface area (Å²) in [5.41, 5.74) is 0.470. The van der Waals surface area contributed by atoms with Gasteiger partial charge < -0.3 is 14.8 Å². The average Bonchev–Trinajstić information content (AvgIpc) is 2.75. The van der Waals surface area contributed by atoms with E-state index in [2.05, 4.69) is 5.32 Å². The summed E-state index contributed by atoms with van der Waals surface area (Å²) in [5.74, 6) is 0.961. The highest BCUT2D eigenvalue weighted by atomic mass is 32.2. The third-order valence-corrected chi connectivity index (χ3v) is 5.82. The molecule has 0 aliphatic carbocycles. The highest BCUT2D eigenvalue weighted by Crippen LogP contribution is 2.28. The number of hydrogen-bond donors (Lipinski definition) is 1. The Hall–Kier alpha value is -3.26. The Kier molecular flexibility index (Phi) is 7.02. The summed E-state index contributed by atoms with van der Waals surface area (Å²) in [6.45, 7) is 1.72. The number of rotatable bonds is 9. The zero-order chi connectivity index (χ0) is 22.4. The van der Waals surface area contributed by atoms with Crippen LogP contribution in [0.25, 0.3) is 10.8 Å². The van der Waals surface area contributed by atoms with Crippen molar-refractivity contribution >= 4 is 32.4 Å². The summed E-state index contributed by atoms with van der Waals surface area (Å²) in [7, 11) is -2.08. The third kappa shape index (κ3) is 5.88. The number of sulfonamides is 1. The molecule has 0 fully saturated rings. The fourth-order valence-electron chi connectivity index (χ4n) is 3.19. The van der Waals surface area contributed by atoms with Crippen molar-refractivity contribution in [3.05, 3.63) is 66.7 Å². The Balaban J connectivity index is 1.67. The highest BCUT2D eigenvalue weighted by molar-refractivity contribution is 7.92. The van der Waals surface area contributed by atoms with E-state index in [1.54, 1.807) is 50.4 Å². The molecule has 0 aliphatic rings. The molecule has 1 amide bonds. The number of nitrogens with zero attached hydrogens (tertiary/aromatic N) is 1. The van der Waals surface area contributed by atoms with Crippen LogP contribution in [0.5, 0.6) is 11.5 Å². The molecule has 0 saturated carbocycles. The van der Waals surface area contributed by atoms with Gasteiger partial charge >= 0.3 is 0 Å². The van der Waals surface area contributed by atoms with Crippen molar-refractivity contribution in [1.82, 2.24) is 5.32 Å². The highest BCUT2D eigenvalue weighted by Gasteiger charge is 2.23. The average molecular weight is 443 g/mol. The van der Waals surface area contributed by atoms with E-state index in [9.17, 15) is 13.2 Å². The molecule has 0 radical (unpaired) electrons. The second-order valence-electron chi connectivity index (χ2n) is 7.22. The van der Waals surface area contributed by atoms with Crippen molar-refractivity contribution in [2.45, 2.75) is 13.0 Å². The molecule has 1 unspecified atom stereocenters. The number of carbonyl (C=O) groups is 1. The molecule has 0 aliphatic heterocycles. The maximum Gasteiger partial charge on any atom is 0.241 e. The first kappa shape index (κ1) is 22.4. The van der Waals surface area contributed by atoms with Gasteiger partial charge in [0.25, 0.3) is 0 Å². The first-order valence-corrected chi connectivity index (χ1v) is 11.6. The number of amides is 1. The lowest BCUT2D eigenvalue weighted by molar-refractivity contribution is -0.120. The first-order chi connectivity index (χ1) is 14.8. The second-order valence-corrected chi connectivity index (χ2v) is 9.13. The van der Waals surface area contributed by atoms with E-state index in [1.807, 2.05) is 30.3 Å². The Morgan fingerprint density at radius 2 is 1.65 bits per heavy atom. The zero-order valence-corrected chi connectivity index (χ0v) is 18.6. The van der Waals surface area contributed by atoms with E-state index < -0.39 is 15.9 Å². The smallest absolute Gasteiger partial charge is 0.241 e. The van der Waals surface area contributed by atoms with Crippen LogP contribution in [0.1, 0.15) is 6.92 Å². The summed E-state index contributed by atoms with van der Waals surface area (Å²) in [4.78, 5) is 12.6. The Bertz CT molecular complexity index is 1140. The molecule has 0 spiro atoms. The number of carbonyl (C=O) groups excluding carboxylic acids is 1. The molecule has 0 saturated heterocycles. The maximum absolute atomic E-state index is 12.6. The Morgan fingerprint density at radius 1 is 1.00 bits per heavy atom. The molecular weight excluding hydrogens is 416 g/mol. The zero-order valence-electron chi connectivity index (χ0n) is 17.7. The second kappa shape index (κ2) is 9.70. The van der Waals surface area contributed by atoms with E-state index in [0.29, 0.717) is 11.4 Å². The largest absolute Gasteiger partial charge is 0.497 e. The van der Waals surface area contributed by atoms with Gasteiger partial charge in [0, 0.05) is 5.39 Å². The SMILES string of the molecule is COc1ccc(OCC(C)NC(=O)CN(c2cccc3ccccc23)S(C)(=O)=O)cc1. The topological polar surface area (TPSA) is 84.9 Å². The van der Waals surface area contributed by atoms with Crippen LogP contribution in [0, 0.1) is 0 Å². The van der Waals surface area contributed by atoms with Gasteiger partial charge in [-0.15, -0.1) is 0 Å². The van der Waals surface area contributed by atoms with Gasteiger partial charge in [-0.2, -0.15) is 0 Å². The molecule has 3 rings (SSSR count). The summed E-state index contributed by atoms with van der Waals surface area (Å²) in [6, 6.07) is 19.6. The predicted molar refractivity (Wildman–Crippen MR) is 122 cm³/mol. The third-order valence-electron chi connectivity index (χ3n) is 4.69. The van der Waals surface area contributed by atoms with Crippen molar-refractivity contribution in [1.29, 1.82) is 0 Å². The maximum atomic E-state index is 12.6. The van der Waals surface area contributed by atoms with Gasteiger partial charge in [0.15, 0.2) is 0 Å². The number of anilines is 1. The summed E-state index contributed by atoms with van der Waals surface area (Å²) in [6.07, 6.45) is 1.10. The van der Waals surface area contributed by atoms with Crippen molar-refractivity contribution in [2.24, 2.45) is 0 Å².